The first-order chi connectivity index (χ1) is 11.5. The van der Waals surface area contributed by atoms with Gasteiger partial charge in [-0.05, 0) is 44.7 Å². The normalized spacial score (nSPS) is 24.0. The lowest BCUT2D eigenvalue weighted by Crippen LogP contribution is -2.54. The maximum absolute atomic E-state index is 11.9. The quantitative estimate of drug-likeness (QED) is 0.921. The highest BCUT2D eigenvalue weighted by Crippen LogP contribution is 2.35. The van der Waals surface area contributed by atoms with Gasteiger partial charge in [-0.25, -0.2) is 4.79 Å². The Morgan fingerprint density at radius 2 is 2.12 bits per heavy atom. The summed E-state index contributed by atoms with van der Waals surface area (Å²) >= 11 is 0. The van der Waals surface area contributed by atoms with E-state index < -0.39 is 0 Å². The van der Waals surface area contributed by atoms with E-state index in [2.05, 4.69) is 16.3 Å². The molecule has 2 aliphatic rings. The molecule has 0 saturated carbocycles. The Hall–Kier alpha value is -1.53. The maximum atomic E-state index is 11.9. The van der Waals surface area contributed by atoms with E-state index in [0.29, 0.717) is 0 Å². The topological polar surface area (TPSA) is 58.0 Å². The number of urea groups is 1. The van der Waals surface area contributed by atoms with Gasteiger partial charge in [0.2, 0.25) is 0 Å². The first-order valence-electron chi connectivity index (χ1n) is 8.85. The SMILES string of the molecule is Cc1ccc(CN2CCC3(CC2)C[C@@H](NC(=O)N(C)C)CCO3)o1. The van der Waals surface area contributed by atoms with Crippen LogP contribution in [0, 0.1) is 6.92 Å². The molecule has 1 N–H and O–H groups in total. The van der Waals surface area contributed by atoms with Crippen molar-refractivity contribution in [1.82, 2.24) is 15.1 Å². The number of hydrogen-bond donors (Lipinski definition) is 1. The summed E-state index contributed by atoms with van der Waals surface area (Å²) in [5.74, 6) is 2.00. The van der Waals surface area contributed by atoms with E-state index in [-0.39, 0.29) is 17.7 Å². The number of rotatable bonds is 3. The van der Waals surface area contributed by atoms with Crippen molar-refractivity contribution in [3.63, 3.8) is 0 Å². The van der Waals surface area contributed by atoms with Gasteiger partial charge in [0.25, 0.3) is 0 Å². The Labute approximate surface area is 144 Å². The zero-order valence-electron chi connectivity index (χ0n) is 15.0. The van der Waals surface area contributed by atoms with Crippen molar-refractivity contribution in [2.24, 2.45) is 0 Å². The van der Waals surface area contributed by atoms with Crippen LogP contribution in [0.1, 0.15) is 37.2 Å². The first kappa shape index (κ1) is 17.3. The molecule has 2 amide bonds. The molecule has 2 saturated heterocycles. The molecule has 0 bridgehead atoms. The van der Waals surface area contributed by atoms with Crippen LogP contribution in [0.3, 0.4) is 0 Å². The number of carbonyl (C=O) groups excluding carboxylic acids is 1. The first-order valence-corrected chi connectivity index (χ1v) is 8.85. The summed E-state index contributed by atoms with van der Waals surface area (Å²) in [6.07, 6.45) is 3.85. The zero-order chi connectivity index (χ0) is 17.2. The molecule has 0 radical (unpaired) electrons. The summed E-state index contributed by atoms with van der Waals surface area (Å²) in [6, 6.07) is 4.28. The van der Waals surface area contributed by atoms with Gasteiger partial charge < -0.3 is 19.4 Å². The number of likely N-dealkylation sites (tertiary alicyclic amines) is 1. The lowest BCUT2D eigenvalue weighted by atomic mass is 9.82. The van der Waals surface area contributed by atoms with Crippen molar-refractivity contribution in [2.75, 3.05) is 33.8 Å². The lowest BCUT2D eigenvalue weighted by Gasteiger charge is -2.46. The highest BCUT2D eigenvalue weighted by Gasteiger charge is 2.40. The molecular formula is C18H29N3O3. The number of furan rings is 1. The molecule has 24 heavy (non-hydrogen) atoms. The third-order valence-electron chi connectivity index (χ3n) is 5.17. The van der Waals surface area contributed by atoms with Crippen LogP contribution in [0.25, 0.3) is 0 Å². The molecule has 0 aromatic carbocycles. The van der Waals surface area contributed by atoms with Crippen LogP contribution in [0.15, 0.2) is 16.5 Å². The molecule has 0 unspecified atom stereocenters. The molecule has 6 nitrogen and oxygen atoms in total. The van der Waals surface area contributed by atoms with Gasteiger partial charge in [0, 0.05) is 39.8 Å². The van der Waals surface area contributed by atoms with Gasteiger partial charge >= 0.3 is 6.03 Å². The molecule has 2 fully saturated rings. The van der Waals surface area contributed by atoms with Crippen LogP contribution in [0.5, 0.6) is 0 Å². The average molecular weight is 335 g/mol. The Balaban J connectivity index is 1.51. The Morgan fingerprint density at radius 3 is 2.75 bits per heavy atom. The van der Waals surface area contributed by atoms with Crippen molar-refractivity contribution in [2.45, 2.75) is 50.8 Å². The Bertz CT molecular complexity index is 562. The Morgan fingerprint density at radius 1 is 1.38 bits per heavy atom. The fourth-order valence-electron chi connectivity index (χ4n) is 3.71. The van der Waals surface area contributed by atoms with Crippen molar-refractivity contribution < 1.29 is 13.9 Å². The molecule has 6 heteroatoms. The molecule has 2 aliphatic heterocycles. The molecule has 134 valence electrons. The van der Waals surface area contributed by atoms with E-state index in [4.69, 9.17) is 9.15 Å². The molecule has 1 atom stereocenters. The average Bonchev–Trinajstić information content (AvgIpc) is 2.95. The zero-order valence-corrected chi connectivity index (χ0v) is 15.0. The molecular weight excluding hydrogens is 306 g/mol. The number of ether oxygens (including phenoxy) is 1. The molecule has 0 aliphatic carbocycles. The lowest BCUT2D eigenvalue weighted by molar-refractivity contribution is -0.119. The standard InChI is InChI=1S/C18H29N3O3/c1-14-4-5-16(24-14)13-21-9-7-18(8-10-21)12-15(6-11-23-18)19-17(22)20(2)3/h4-5,15H,6-13H2,1-3H3,(H,19,22)/t15-/m0/s1. The van der Waals surface area contributed by atoms with Gasteiger partial charge in [-0.15, -0.1) is 0 Å². The monoisotopic (exact) mass is 335 g/mol. The number of aryl methyl sites for hydroxylation is 1. The van der Waals surface area contributed by atoms with Gasteiger partial charge in [0.15, 0.2) is 0 Å². The smallest absolute Gasteiger partial charge is 0.317 e. The maximum Gasteiger partial charge on any atom is 0.317 e. The third kappa shape index (κ3) is 4.11. The van der Waals surface area contributed by atoms with E-state index >= 15 is 0 Å². The number of amides is 2. The summed E-state index contributed by atoms with van der Waals surface area (Å²) in [5.41, 5.74) is -0.0713. The van der Waals surface area contributed by atoms with Gasteiger partial charge in [0.1, 0.15) is 11.5 Å². The number of nitrogens with zero attached hydrogens (tertiary/aromatic N) is 2. The van der Waals surface area contributed by atoms with Crippen LogP contribution in [-0.2, 0) is 11.3 Å². The van der Waals surface area contributed by atoms with Crippen LogP contribution in [-0.4, -0.2) is 61.3 Å². The summed E-state index contributed by atoms with van der Waals surface area (Å²) in [4.78, 5) is 15.9. The van der Waals surface area contributed by atoms with Gasteiger partial charge in [-0.1, -0.05) is 0 Å². The number of hydrogen-bond acceptors (Lipinski definition) is 4. The summed E-state index contributed by atoms with van der Waals surface area (Å²) < 4.78 is 11.8. The van der Waals surface area contributed by atoms with E-state index in [1.807, 2.05) is 13.0 Å². The highest BCUT2D eigenvalue weighted by atomic mass is 16.5. The highest BCUT2D eigenvalue weighted by molar-refractivity contribution is 5.73. The number of piperidine rings is 1. The minimum atomic E-state index is -0.0713. The predicted octanol–water partition coefficient (Wildman–Crippen LogP) is 2.37. The molecule has 3 heterocycles. The third-order valence-corrected chi connectivity index (χ3v) is 5.17. The van der Waals surface area contributed by atoms with Crippen LogP contribution in [0.2, 0.25) is 0 Å². The fourth-order valence-corrected chi connectivity index (χ4v) is 3.71. The van der Waals surface area contributed by atoms with E-state index in [1.165, 1.54) is 0 Å². The largest absolute Gasteiger partial charge is 0.465 e. The molecule has 3 rings (SSSR count). The van der Waals surface area contributed by atoms with Crippen molar-refractivity contribution in [1.29, 1.82) is 0 Å². The van der Waals surface area contributed by atoms with E-state index in [1.54, 1.807) is 19.0 Å². The molecule has 1 aromatic heterocycles. The Kier molecular flexibility index (Phi) is 5.15. The summed E-state index contributed by atoms with van der Waals surface area (Å²) in [5, 5.41) is 3.12. The molecule has 1 spiro atoms. The fraction of sp³-hybridized carbons (Fsp3) is 0.722. The van der Waals surface area contributed by atoms with Crippen molar-refractivity contribution >= 4 is 6.03 Å². The second kappa shape index (κ2) is 7.15. The minimum Gasteiger partial charge on any atom is -0.465 e. The number of nitrogens with one attached hydrogen (secondary N) is 1. The van der Waals surface area contributed by atoms with Crippen LogP contribution < -0.4 is 5.32 Å². The number of carbonyl (C=O) groups is 1. The summed E-state index contributed by atoms with van der Waals surface area (Å²) in [6.45, 7) is 5.59. The van der Waals surface area contributed by atoms with Gasteiger partial charge in [0.05, 0.1) is 12.1 Å². The second-order valence-electron chi connectivity index (χ2n) is 7.35. The predicted molar refractivity (Wildman–Crippen MR) is 91.9 cm³/mol. The van der Waals surface area contributed by atoms with Crippen LogP contribution in [0.4, 0.5) is 4.79 Å². The van der Waals surface area contributed by atoms with E-state index in [9.17, 15) is 4.79 Å². The molecule has 1 aromatic rings. The van der Waals surface area contributed by atoms with Crippen LogP contribution >= 0.6 is 0 Å². The second-order valence-corrected chi connectivity index (χ2v) is 7.35. The van der Waals surface area contributed by atoms with Crippen molar-refractivity contribution in [3.05, 3.63) is 23.7 Å². The van der Waals surface area contributed by atoms with Crippen molar-refractivity contribution in [3.8, 4) is 0 Å². The minimum absolute atomic E-state index is 0.0114. The van der Waals surface area contributed by atoms with Gasteiger partial charge in [-0.2, -0.15) is 0 Å². The van der Waals surface area contributed by atoms with E-state index in [0.717, 1.165) is 63.4 Å². The summed E-state index contributed by atoms with van der Waals surface area (Å²) in [7, 11) is 3.55. The van der Waals surface area contributed by atoms with Gasteiger partial charge in [-0.3, -0.25) is 4.90 Å².